The molecule has 9 rings (SSSR count). The van der Waals surface area contributed by atoms with Crippen molar-refractivity contribution in [1.29, 1.82) is 0 Å². The van der Waals surface area contributed by atoms with Gasteiger partial charge in [0.1, 0.15) is 18.6 Å². The molecule has 6 heterocycles. The second-order valence-electron chi connectivity index (χ2n) is 14.3. The molecule has 1 amide bonds. The van der Waals surface area contributed by atoms with Crippen LogP contribution < -0.4 is 14.5 Å². The highest BCUT2D eigenvalue weighted by atomic mass is 19.1. The van der Waals surface area contributed by atoms with Crippen LogP contribution in [-0.2, 0) is 13.0 Å². The first-order chi connectivity index (χ1) is 22.0. The lowest BCUT2D eigenvalue weighted by atomic mass is 9.95. The van der Waals surface area contributed by atoms with Gasteiger partial charge in [0.2, 0.25) is 0 Å². The van der Waals surface area contributed by atoms with Crippen LogP contribution in [0.15, 0.2) is 36.4 Å². The predicted octanol–water partition coefficient (Wildman–Crippen LogP) is 5.36. The number of aromatic nitrogens is 2. The summed E-state index contributed by atoms with van der Waals surface area (Å²) >= 11 is 0. The van der Waals surface area contributed by atoms with E-state index in [0.29, 0.717) is 51.1 Å². The van der Waals surface area contributed by atoms with Crippen molar-refractivity contribution < 1.29 is 19.0 Å². The van der Waals surface area contributed by atoms with Gasteiger partial charge < -0.3 is 19.6 Å². The second-order valence-corrected chi connectivity index (χ2v) is 14.3. The number of ether oxygens (including phenoxy) is 1. The third-order valence-electron chi connectivity index (χ3n) is 11.5. The van der Waals surface area contributed by atoms with Gasteiger partial charge in [0, 0.05) is 49.2 Å². The highest BCUT2D eigenvalue weighted by molar-refractivity contribution is 5.97. The van der Waals surface area contributed by atoms with E-state index in [1.165, 1.54) is 34.9 Å². The van der Waals surface area contributed by atoms with Crippen LogP contribution in [0.25, 0.3) is 10.8 Å². The monoisotopic (exact) mass is 612 g/mol. The summed E-state index contributed by atoms with van der Waals surface area (Å²) in [6.45, 7) is 4.57. The van der Waals surface area contributed by atoms with Gasteiger partial charge in [-0.2, -0.15) is 9.97 Å². The summed E-state index contributed by atoms with van der Waals surface area (Å²) in [5.41, 5.74) is 4.56. The van der Waals surface area contributed by atoms with Crippen molar-refractivity contribution in [1.82, 2.24) is 19.8 Å². The zero-order valence-electron chi connectivity index (χ0n) is 25.7. The van der Waals surface area contributed by atoms with Crippen LogP contribution in [0.3, 0.4) is 0 Å². The topological polar surface area (TPSA) is 85.3 Å². The van der Waals surface area contributed by atoms with E-state index in [1.807, 2.05) is 0 Å². The number of anilines is 2. The Morgan fingerprint density at radius 2 is 1.80 bits per heavy atom. The van der Waals surface area contributed by atoms with Gasteiger partial charge in [0.15, 0.2) is 0 Å². The third kappa shape index (κ3) is 4.62. The van der Waals surface area contributed by atoms with Crippen LogP contribution in [0, 0.1) is 0 Å². The van der Waals surface area contributed by atoms with E-state index in [2.05, 4.69) is 51.1 Å². The minimum atomic E-state index is -0.824. The highest BCUT2D eigenvalue weighted by Crippen LogP contribution is 2.46. The maximum atomic E-state index is 14.5. The second kappa shape index (κ2) is 10.4. The van der Waals surface area contributed by atoms with Crippen molar-refractivity contribution in [2.24, 2.45) is 0 Å². The number of rotatable bonds is 6. The van der Waals surface area contributed by atoms with Crippen molar-refractivity contribution in [3.63, 3.8) is 0 Å². The highest BCUT2D eigenvalue weighted by Gasteiger charge is 2.50. The maximum Gasteiger partial charge on any atom is 0.407 e. The van der Waals surface area contributed by atoms with E-state index < -0.39 is 12.3 Å². The minimum absolute atomic E-state index is 0.0289. The molecule has 236 valence electrons. The number of fused-ring (bicyclic) bond motifs is 5. The van der Waals surface area contributed by atoms with Gasteiger partial charge in [0.05, 0.1) is 29.9 Å². The summed E-state index contributed by atoms with van der Waals surface area (Å²) < 4.78 is 21.0. The molecule has 0 spiro atoms. The van der Waals surface area contributed by atoms with E-state index in [0.717, 1.165) is 62.3 Å². The molecule has 10 heteroatoms. The number of amides is 1. The molecule has 3 aromatic rings. The lowest BCUT2D eigenvalue weighted by Gasteiger charge is -2.41. The van der Waals surface area contributed by atoms with Gasteiger partial charge in [0.25, 0.3) is 0 Å². The Bertz CT molecular complexity index is 1650. The summed E-state index contributed by atoms with van der Waals surface area (Å²) in [4.78, 5) is 30.8. The van der Waals surface area contributed by atoms with E-state index in [1.54, 1.807) is 4.90 Å². The number of alkyl halides is 1. The normalized spacial score (nSPS) is 29.4. The molecule has 4 atom stereocenters. The molecule has 6 aliphatic rings. The van der Waals surface area contributed by atoms with Gasteiger partial charge in [-0.3, -0.25) is 9.80 Å². The van der Waals surface area contributed by atoms with Crippen molar-refractivity contribution in [2.75, 3.05) is 49.1 Å². The molecule has 5 aliphatic heterocycles. The van der Waals surface area contributed by atoms with Crippen LogP contribution >= 0.6 is 0 Å². The fourth-order valence-corrected chi connectivity index (χ4v) is 9.30. The third-order valence-corrected chi connectivity index (χ3v) is 11.5. The number of hydrogen-bond donors (Lipinski definition) is 1. The summed E-state index contributed by atoms with van der Waals surface area (Å²) in [7, 11) is 0. The first-order valence-electron chi connectivity index (χ1n) is 16.9. The number of benzene rings is 2. The number of carbonyl (C=O) groups is 1. The van der Waals surface area contributed by atoms with Crippen LogP contribution in [0.4, 0.5) is 20.7 Å². The molecule has 1 aliphatic carbocycles. The molecular weight excluding hydrogens is 571 g/mol. The molecule has 1 N–H and O–H groups in total. The van der Waals surface area contributed by atoms with Crippen LogP contribution in [0.1, 0.15) is 67.7 Å². The smallest absolute Gasteiger partial charge is 0.407 e. The number of carboxylic acid groups (broad SMARTS) is 1. The first-order valence-corrected chi connectivity index (χ1v) is 16.9. The molecule has 45 heavy (non-hydrogen) atoms. The number of nitrogens with zero attached hydrogens (tertiary/aromatic N) is 6. The largest absolute Gasteiger partial charge is 0.465 e. The van der Waals surface area contributed by atoms with Gasteiger partial charge >= 0.3 is 12.1 Å². The number of piperazine rings is 1. The van der Waals surface area contributed by atoms with Gasteiger partial charge in [-0.1, -0.05) is 30.3 Å². The molecule has 2 bridgehead atoms. The molecule has 0 radical (unpaired) electrons. The Balaban J connectivity index is 1.07. The Hall–Kier alpha value is -3.66. The molecule has 4 saturated heterocycles. The molecular formula is C35H41FN6O3. The lowest BCUT2D eigenvalue weighted by Crippen LogP contribution is -2.56. The summed E-state index contributed by atoms with van der Waals surface area (Å²) in [5, 5.41) is 12.5. The fourth-order valence-electron chi connectivity index (χ4n) is 9.30. The zero-order chi connectivity index (χ0) is 30.3. The Kier molecular flexibility index (Phi) is 6.41. The average Bonchev–Trinajstić information content (AvgIpc) is 3.67. The quantitative estimate of drug-likeness (QED) is 0.399. The fraction of sp³-hybridized carbons (Fsp3) is 0.571. The summed E-state index contributed by atoms with van der Waals surface area (Å²) in [6, 6.07) is 13.6. The standard InChI is InChI=1S/C35H41FN6O3/c36-24-16-35(13-3-14-41(35)17-24)21-45-33-37-29-20-39(30-7-2-5-23-4-1-6-27(31(23)30)22-8-9-22)15-12-28(29)32(38-33)40-18-25-10-11-26(19-40)42(25)34(43)44/h1-2,4-7,22,24-26H,3,8-21H2,(H,43,44)/t24?,25-,26+,35?. The van der Waals surface area contributed by atoms with Crippen molar-refractivity contribution in [3.05, 3.63) is 53.2 Å². The van der Waals surface area contributed by atoms with E-state index in [-0.39, 0.29) is 17.6 Å². The Labute approximate surface area is 263 Å². The SMILES string of the molecule is O=C(O)N1[C@@H]2CC[C@H]1CN(c1nc(OCC34CCCN3CC(F)C4)nc3c1CCN(c1cccc4cccc(C5CC5)c14)C3)C2. The summed E-state index contributed by atoms with van der Waals surface area (Å²) in [5.74, 6) is 1.54. The van der Waals surface area contributed by atoms with Crippen LogP contribution in [-0.4, -0.2) is 94.1 Å². The van der Waals surface area contributed by atoms with E-state index >= 15 is 0 Å². The molecule has 2 unspecified atom stereocenters. The molecule has 9 nitrogen and oxygen atoms in total. The molecule has 5 fully saturated rings. The Morgan fingerprint density at radius 3 is 2.58 bits per heavy atom. The van der Waals surface area contributed by atoms with Crippen molar-refractivity contribution >= 4 is 28.4 Å². The van der Waals surface area contributed by atoms with Crippen molar-refractivity contribution in [3.8, 4) is 6.01 Å². The van der Waals surface area contributed by atoms with Gasteiger partial charge in [-0.25, -0.2) is 9.18 Å². The van der Waals surface area contributed by atoms with Crippen LogP contribution in [0.5, 0.6) is 6.01 Å². The molecule has 2 aromatic carbocycles. The van der Waals surface area contributed by atoms with Crippen molar-refractivity contribution in [2.45, 2.75) is 87.6 Å². The number of halogens is 1. The van der Waals surface area contributed by atoms with Gasteiger partial charge in [-0.05, 0) is 74.4 Å². The first kappa shape index (κ1) is 27.6. The molecule has 1 saturated carbocycles. The number of hydrogen-bond acceptors (Lipinski definition) is 7. The maximum absolute atomic E-state index is 14.5. The lowest BCUT2D eigenvalue weighted by molar-refractivity contribution is 0.106. The van der Waals surface area contributed by atoms with E-state index in [4.69, 9.17) is 14.7 Å². The van der Waals surface area contributed by atoms with Crippen LogP contribution in [0.2, 0.25) is 0 Å². The van der Waals surface area contributed by atoms with Gasteiger partial charge in [-0.15, -0.1) is 0 Å². The summed E-state index contributed by atoms with van der Waals surface area (Å²) in [6.07, 6.45) is 5.94. The minimum Gasteiger partial charge on any atom is -0.465 e. The molecule has 1 aromatic heterocycles. The zero-order valence-corrected chi connectivity index (χ0v) is 25.7. The Morgan fingerprint density at radius 1 is 1.00 bits per heavy atom. The average molecular weight is 613 g/mol. The van der Waals surface area contributed by atoms with E-state index in [9.17, 15) is 14.3 Å². The predicted molar refractivity (Wildman–Crippen MR) is 170 cm³/mol.